The van der Waals surface area contributed by atoms with Gasteiger partial charge in [0.25, 0.3) is 0 Å². The summed E-state index contributed by atoms with van der Waals surface area (Å²) in [5.41, 5.74) is 0. The van der Waals surface area contributed by atoms with Crippen LogP contribution in [0.5, 0.6) is 5.75 Å². The lowest BCUT2D eigenvalue weighted by molar-refractivity contribution is -0.137. The van der Waals surface area contributed by atoms with Gasteiger partial charge in [0.2, 0.25) is 0 Å². The van der Waals surface area contributed by atoms with Crippen LogP contribution in [0.1, 0.15) is 141 Å². The van der Waals surface area contributed by atoms with E-state index in [1.165, 1.54) is 109 Å². The molecule has 0 amide bonds. The molecule has 0 aliphatic rings. The summed E-state index contributed by atoms with van der Waals surface area (Å²) in [6.45, 7) is 0. The molecule has 0 atom stereocenters. The number of allylic oxidation sites excluding steroid dienone is 1. The number of hydrogen-bond donors (Lipinski definition) is 1. The number of benzene rings is 1. The second-order valence-corrected chi connectivity index (χ2v) is 10.1. The molecule has 0 fully saturated rings. The molecular formula is C32H52O4. The number of carbonyl (C=O) groups excluding carboxylic acids is 1. The second-order valence-electron chi connectivity index (χ2n) is 10.1. The van der Waals surface area contributed by atoms with E-state index in [2.05, 4.69) is 0 Å². The fourth-order valence-electron chi connectivity index (χ4n) is 4.54. The van der Waals surface area contributed by atoms with Gasteiger partial charge in [-0.25, -0.2) is 4.79 Å². The number of rotatable bonds is 25. The second kappa shape index (κ2) is 24.6. The number of para-hydroxylation sites is 1. The van der Waals surface area contributed by atoms with E-state index in [1.54, 1.807) is 18.2 Å². The Hall–Kier alpha value is -2.10. The summed E-state index contributed by atoms with van der Waals surface area (Å²) in [6, 6.07) is 9.19. The molecule has 0 saturated heterocycles. The summed E-state index contributed by atoms with van der Waals surface area (Å²) in [5.74, 6) is -0.366. The summed E-state index contributed by atoms with van der Waals surface area (Å²) >= 11 is 0. The van der Waals surface area contributed by atoms with Crippen molar-refractivity contribution in [3.63, 3.8) is 0 Å². The van der Waals surface area contributed by atoms with Gasteiger partial charge in [-0.3, -0.25) is 4.79 Å². The van der Waals surface area contributed by atoms with Gasteiger partial charge in [-0.1, -0.05) is 140 Å². The zero-order valence-electron chi connectivity index (χ0n) is 22.8. The van der Waals surface area contributed by atoms with Gasteiger partial charge in [0.1, 0.15) is 5.75 Å². The number of esters is 1. The summed E-state index contributed by atoms with van der Waals surface area (Å²) in [6.07, 6.45) is 30.7. The van der Waals surface area contributed by atoms with E-state index in [0.717, 1.165) is 25.7 Å². The molecule has 0 radical (unpaired) electrons. The van der Waals surface area contributed by atoms with E-state index in [1.807, 2.05) is 24.3 Å². The fourth-order valence-corrected chi connectivity index (χ4v) is 4.54. The quantitative estimate of drug-likeness (QED) is 0.0628. The average molecular weight is 501 g/mol. The molecule has 0 saturated carbocycles. The Bertz CT molecular complexity index is 668. The van der Waals surface area contributed by atoms with Gasteiger partial charge in [0.15, 0.2) is 0 Å². The summed E-state index contributed by atoms with van der Waals surface area (Å²) in [5, 5.41) is 8.61. The summed E-state index contributed by atoms with van der Waals surface area (Å²) in [4.78, 5) is 22.2. The summed E-state index contributed by atoms with van der Waals surface area (Å²) < 4.78 is 5.23. The van der Waals surface area contributed by atoms with Crippen LogP contribution in [0.3, 0.4) is 0 Å². The molecule has 1 aromatic rings. The molecule has 0 aliphatic heterocycles. The monoisotopic (exact) mass is 500 g/mol. The van der Waals surface area contributed by atoms with Crippen LogP contribution < -0.4 is 4.74 Å². The molecule has 0 heterocycles. The Morgan fingerprint density at radius 1 is 0.583 bits per heavy atom. The topological polar surface area (TPSA) is 63.6 Å². The highest BCUT2D eigenvalue weighted by molar-refractivity contribution is 5.83. The Kier molecular flexibility index (Phi) is 21.8. The fraction of sp³-hybridized carbons (Fsp3) is 0.688. The first-order valence-electron chi connectivity index (χ1n) is 14.8. The summed E-state index contributed by atoms with van der Waals surface area (Å²) in [7, 11) is 0. The maximum absolute atomic E-state index is 11.7. The average Bonchev–Trinajstić information content (AvgIpc) is 2.87. The smallest absolute Gasteiger partial charge is 0.335 e. The van der Waals surface area contributed by atoms with Gasteiger partial charge in [0, 0.05) is 12.5 Å². The van der Waals surface area contributed by atoms with Crippen molar-refractivity contribution in [1.82, 2.24) is 0 Å². The number of carbonyl (C=O) groups is 2. The number of aliphatic carboxylic acids is 1. The molecule has 0 bridgehead atoms. The van der Waals surface area contributed by atoms with Crippen molar-refractivity contribution in [3.8, 4) is 5.75 Å². The number of carboxylic acids is 1. The lowest BCUT2D eigenvalue weighted by Gasteiger charge is -2.04. The number of ether oxygens (including phenoxy) is 1. The predicted octanol–water partition coefficient (Wildman–Crippen LogP) is 9.81. The van der Waals surface area contributed by atoms with Crippen molar-refractivity contribution >= 4 is 11.9 Å². The standard InChI is InChI=1S/C32H52O4/c33-31(34)28-24-19-17-15-13-11-9-7-5-3-1-2-4-6-8-10-12-14-16-18-20-25-29-32(35)36-30-26-22-21-23-27-30/h21-23,25-27,29H,1-20,24,28H2,(H,33,34). The number of carboxylic acid groups (broad SMARTS) is 1. The Morgan fingerprint density at radius 2 is 0.972 bits per heavy atom. The Morgan fingerprint density at radius 3 is 1.39 bits per heavy atom. The lowest BCUT2D eigenvalue weighted by atomic mass is 10.0. The SMILES string of the molecule is O=C(O)CCCCCCCCCCCCCCCCCCCCCCC=CC(=O)Oc1ccccc1. The zero-order valence-corrected chi connectivity index (χ0v) is 22.8. The van der Waals surface area contributed by atoms with E-state index in [9.17, 15) is 9.59 Å². The predicted molar refractivity (Wildman–Crippen MR) is 150 cm³/mol. The molecule has 0 aromatic heterocycles. The molecule has 204 valence electrons. The highest BCUT2D eigenvalue weighted by atomic mass is 16.5. The molecular weight excluding hydrogens is 448 g/mol. The van der Waals surface area contributed by atoms with Crippen molar-refractivity contribution < 1.29 is 19.4 Å². The minimum absolute atomic E-state index is 0.295. The molecule has 0 spiro atoms. The van der Waals surface area contributed by atoms with Crippen molar-refractivity contribution in [1.29, 1.82) is 0 Å². The highest BCUT2D eigenvalue weighted by Crippen LogP contribution is 2.15. The normalized spacial score (nSPS) is 11.2. The van der Waals surface area contributed by atoms with E-state index >= 15 is 0 Å². The minimum Gasteiger partial charge on any atom is -0.481 e. The molecule has 0 unspecified atom stereocenters. The largest absolute Gasteiger partial charge is 0.481 e. The van der Waals surface area contributed by atoms with Crippen LogP contribution in [0, 0.1) is 0 Å². The van der Waals surface area contributed by atoms with Gasteiger partial charge in [-0.15, -0.1) is 0 Å². The van der Waals surface area contributed by atoms with Gasteiger partial charge in [-0.2, -0.15) is 0 Å². The zero-order chi connectivity index (χ0) is 25.9. The number of unbranched alkanes of at least 4 members (excludes halogenated alkanes) is 20. The van der Waals surface area contributed by atoms with Gasteiger partial charge in [0.05, 0.1) is 0 Å². The Balaban J connectivity index is 1.71. The van der Waals surface area contributed by atoms with Gasteiger partial charge < -0.3 is 9.84 Å². The van der Waals surface area contributed by atoms with Crippen molar-refractivity contribution in [2.24, 2.45) is 0 Å². The van der Waals surface area contributed by atoms with E-state index in [0.29, 0.717) is 12.2 Å². The van der Waals surface area contributed by atoms with Crippen molar-refractivity contribution in [2.45, 2.75) is 141 Å². The van der Waals surface area contributed by atoms with E-state index < -0.39 is 5.97 Å². The third-order valence-electron chi connectivity index (χ3n) is 6.73. The molecule has 1 rings (SSSR count). The maximum Gasteiger partial charge on any atom is 0.335 e. The molecule has 36 heavy (non-hydrogen) atoms. The van der Waals surface area contributed by atoms with Crippen LogP contribution in [0.4, 0.5) is 0 Å². The first kappa shape index (κ1) is 31.9. The first-order valence-corrected chi connectivity index (χ1v) is 14.8. The van der Waals surface area contributed by atoms with E-state index in [4.69, 9.17) is 9.84 Å². The third kappa shape index (κ3) is 22.4. The molecule has 0 aliphatic carbocycles. The van der Waals surface area contributed by atoms with Gasteiger partial charge in [-0.05, 0) is 31.4 Å². The third-order valence-corrected chi connectivity index (χ3v) is 6.73. The lowest BCUT2D eigenvalue weighted by Crippen LogP contribution is -2.03. The van der Waals surface area contributed by atoms with Crippen molar-refractivity contribution in [2.75, 3.05) is 0 Å². The van der Waals surface area contributed by atoms with Crippen LogP contribution in [0.15, 0.2) is 42.5 Å². The number of hydrogen-bond acceptors (Lipinski definition) is 3. The van der Waals surface area contributed by atoms with Crippen molar-refractivity contribution in [3.05, 3.63) is 42.5 Å². The maximum atomic E-state index is 11.7. The molecule has 1 aromatic carbocycles. The molecule has 4 nitrogen and oxygen atoms in total. The van der Waals surface area contributed by atoms with Crippen LogP contribution in [-0.2, 0) is 9.59 Å². The minimum atomic E-state index is -0.662. The Labute approximate surface area is 220 Å². The van der Waals surface area contributed by atoms with Gasteiger partial charge >= 0.3 is 11.9 Å². The first-order chi connectivity index (χ1) is 17.7. The molecule has 4 heteroatoms. The van der Waals surface area contributed by atoms with Crippen LogP contribution >= 0.6 is 0 Å². The molecule has 1 N–H and O–H groups in total. The van der Waals surface area contributed by atoms with Crippen LogP contribution in [0.25, 0.3) is 0 Å². The van der Waals surface area contributed by atoms with E-state index in [-0.39, 0.29) is 5.97 Å². The highest BCUT2D eigenvalue weighted by Gasteiger charge is 1.99. The van der Waals surface area contributed by atoms with Crippen LogP contribution in [0.2, 0.25) is 0 Å². The van der Waals surface area contributed by atoms with Crippen LogP contribution in [-0.4, -0.2) is 17.0 Å².